The Labute approximate surface area is 164 Å². The first-order valence-electron chi connectivity index (χ1n) is 9.91. The molecule has 2 aromatic rings. The van der Waals surface area contributed by atoms with Gasteiger partial charge in [0.2, 0.25) is 0 Å². The van der Waals surface area contributed by atoms with Crippen molar-refractivity contribution in [1.29, 1.82) is 0 Å². The van der Waals surface area contributed by atoms with Crippen LogP contribution in [-0.2, 0) is 18.3 Å². The SMILES string of the molecule is CCCCCCCCCCSc1nc2c(c(=O)[nH]c(=O)n2C)n1CCOC. The number of H-pyrrole nitrogens is 1. The Morgan fingerprint density at radius 3 is 2.41 bits per heavy atom. The van der Waals surface area contributed by atoms with Crippen LogP contribution in [0.3, 0.4) is 0 Å². The van der Waals surface area contributed by atoms with Gasteiger partial charge >= 0.3 is 5.69 Å². The van der Waals surface area contributed by atoms with Gasteiger partial charge < -0.3 is 9.30 Å². The highest BCUT2D eigenvalue weighted by atomic mass is 32.2. The third-order valence-corrected chi connectivity index (χ3v) is 5.78. The van der Waals surface area contributed by atoms with Gasteiger partial charge in [0.15, 0.2) is 16.3 Å². The van der Waals surface area contributed by atoms with E-state index in [4.69, 9.17) is 4.74 Å². The Balaban J connectivity index is 1.98. The normalized spacial score (nSPS) is 11.5. The summed E-state index contributed by atoms with van der Waals surface area (Å²) in [5, 5.41) is 0.775. The topological polar surface area (TPSA) is 81.9 Å². The third-order valence-electron chi connectivity index (χ3n) is 4.72. The van der Waals surface area contributed by atoms with Crippen molar-refractivity contribution < 1.29 is 4.74 Å². The highest BCUT2D eigenvalue weighted by molar-refractivity contribution is 7.99. The predicted octanol–water partition coefficient (Wildman–Crippen LogP) is 3.30. The molecular weight excluding hydrogens is 364 g/mol. The van der Waals surface area contributed by atoms with Crippen LogP contribution in [-0.4, -0.2) is 38.6 Å². The predicted molar refractivity (Wildman–Crippen MR) is 111 cm³/mol. The number of hydrogen-bond donors (Lipinski definition) is 1. The molecule has 152 valence electrons. The Hall–Kier alpha value is -1.54. The van der Waals surface area contributed by atoms with Gasteiger partial charge in [-0.1, -0.05) is 63.6 Å². The van der Waals surface area contributed by atoms with Gasteiger partial charge in [-0.3, -0.25) is 14.3 Å². The number of unbranched alkanes of at least 4 members (excludes halogenated alkanes) is 7. The summed E-state index contributed by atoms with van der Waals surface area (Å²) in [6.45, 7) is 3.26. The number of imidazole rings is 1. The van der Waals surface area contributed by atoms with Crippen molar-refractivity contribution in [1.82, 2.24) is 19.1 Å². The van der Waals surface area contributed by atoms with Gasteiger partial charge in [0.1, 0.15) is 0 Å². The van der Waals surface area contributed by atoms with Crippen molar-refractivity contribution in [2.24, 2.45) is 7.05 Å². The molecule has 2 aromatic heterocycles. The largest absolute Gasteiger partial charge is 0.383 e. The van der Waals surface area contributed by atoms with Gasteiger partial charge in [-0.25, -0.2) is 9.78 Å². The third kappa shape index (κ3) is 5.97. The molecule has 0 fully saturated rings. The van der Waals surface area contributed by atoms with Crippen LogP contribution in [0.1, 0.15) is 58.3 Å². The molecule has 0 atom stereocenters. The summed E-state index contributed by atoms with van der Waals surface area (Å²) in [4.78, 5) is 31.1. The molecule has 0 spiro atoms. The van der Waals surface area contributed by atoms with Gasteiger partial charge in [0.05, 0.1) is 6.61 Å². The fourth-order valence-corrected chi connectivity index (χ4v) is 4.13. The Morgan fingerprint density at radius 2 is 1.74 bits per heavy atom. The summed E-state index contributed by atoms with van der Waals surface area (Å²) >= 11 is 1.65. The summed E-state index contributed by atoms with van der Waals surface area (Å²) in [6, 6.07) is 0. The number of aryl methyl sites for hydroxylation is 1. The van der Waals surface area contributed by atoms with Crippen LogP contribution in [0.15, 0.2) is 14.7 Å². The maximum absolute atomic E-state index is 12.3. The van der Waals surface area contributed by atoms with E-state index in [0.29, 0.717) is 24.3 Å². The van der Waals surface area contributed by atoms with Crippen LogP contribution >= 0.6 is 11.8 Å². The Kier molecular flexibility index (Phi) is 9.14. The highest BCUT2D eigenvalue weighted by Crippen LogP contribution is 2.23. The van der Waals surface area contributed by atoms with Crippen LogP contribution in [0.2, 0.25) is 0 Å². The summed E-state index contributed by atoms with van der Waals surface area (Å²) in [6.07, 6.45) is 10.3. The first-order chi connectivity index (χ1) is 13.1. The highest BCUT2D eigenvalue weighted by Gasteiger charge is 2.17. The van der Waals surface area contributed by atoms with Gasteiger partial charge in [-0.15, -0.1) is 0 Å². The summed E-state index contributed by atoms with van der Waals surface area (Å²) < 4.78 is 8.43. The van der Waals surface area contributed by atoms with Crippen LogP contribution < -0.4 is 11.2 Å². The van der Waals surface area contributed by atoms with Crippen molar-refractivity contribution in [3.63, 3.8) is 0 Å². The maximum Gasteiger partial charge on any atom is 0.329 e. The van der Waals surface area contributed by atoms with Gasteiger partial charge in [-0.05, 0) is 6.42 Å². The zero-order valence-corrected chi connectivity index (χ0v) is 17.6. The number of nitrogens with one attached hydrogen (secondary N) is 1. The molecule has 0 saturated heterocycles. The molecule has 0 saturated carbocycles. The lowest BCUT2D eigenvalue weighted by Crippen LogP contribution is -2.29. The minimum atomic E-state index is -0.441. The lowest BCUT2D eigenvalue weighted by molar-refractivity contribution is 0.186. The van der Waals surface area contributed by atoms with Gasteiger partial charge in [-0.2, -0.15) is 0 Å². The monoisotopic (exact) mass is 396 g/mol. The molecule has 0 unspecified atom stereocenters. The smallest absolute Gasteiger partial charge is 0.329 e. The molecule has 0 bridgehead atoms. The first-order valence-corrected chi connectivity index (χ1v) is 10.9. The minimum absolute atomic E-state index is 0.393. The molecule has 0 aliphatic carbocycles. The zero-order chi connectivity index (χ0) is 19.6. The molecule has 0 aliphatic heterocycles. The number of thioether (sulfide) groups is 1. The van der Waals surface area contributed by atoms with Crippen LogP contribution in [0.25, 0.3) is 11.2 Å². The van der Waals surface area contributed by atoms with E-state index in [1.165, 1.54) is 49.5 Å². The van der Waals surface area contributed by atoms with Gasteiger partial charge in [0.25, 0.3) is 5.56 Å². The van der Waals surface area contributed by atoms with E-state index < -0.39 is 11.2 Å². The lowest BCUT2D eigenvalue weighted by Gasteiger charge is -2.07. The number of fused-ring (bicyclic) bond motifs is 1. The summed E-state index contributed by atoms with van der Waals surface area (Å²) in [7, 11) is 3.26. The second kappa shape index (κ2) is 11.3. The van der Waals surface area contributed by atoms with Crippen LogP contribution in [0.4, 0.5) is 0 Å². The number of rotatable bonds is 13. The van der Waals surface area contributed by atoms with Crippen molar-refractivity contribution in [3.8, 4) is 0 Å². The molecular formula is C19H32N4O3S. The Bertz CT molecular complexity index is 825. The maximum atomic E-state index is 12.3. The number of aromatic amines is 1. The molecule has 7 nitrogen and oxygen atoms in total. The van der Waals surface area contributed by atoms with E-state index >= 15 is 0 Å². The summed E-state index contributed by atoms with van der Waals surface area (Å²) in [5.41, 5.74) is 0.0324. The lowest BCUT2D eigenvalue weighted by atomic mass is 10.1. The van der Waals surface area contributed by atoms with E-state index in [9.17, 15) is 9.59 Å². The van der Waals surface area contributed by atoms with Crippen LogP contribution in [0.5, 0.6) is 0 Å². The van der Waals surface area contributed by atoms with Gasteiger partial charge in [0, 0.05) is 26.5 Å². The molecule has 0 amide bonds. The van der Waals surface area contributed by atoms with E-state index in [1.54, 1.807) is 25.9 Å². The van der Waals surface area contributed by atoms with Crippen molar-refractivity contribution in [2.75, 3.05) is 19.5 Å². The number of methoxy groups -OCH3 is 1. The molecule has 0 radical (unpaired) electrons. The number of aromatic nitrogens is 4. The second-order valence-electron chi connectivity index (χ2n) is 6.85. The zero-order valence-electron chi connectivity index (χ0n) is 16.8. The Morgan fingerprint density at radius 1 is 1.07 bits per heavy atom. The molecule has 2 rings (SSSR count). The number of ether oxygens (including phenoxy) is 1. The molecule has 27 heavy (non-hydrogen) atoms. The minimum Gasteiger partial charge on any atom is -0.383 e. The summed E-state index contributed by atoms with van der Waals surface area (Å²) in [5.74, 6) is 0.955. The fraction of sp³-hybridized carbons (Fsp3) is 0.737. The average Bonchev–Trinajstić information content (AvgIpc) is 3.02. The quantitative estimate of drug-likeness (QED) is 0.415. The number of hydrogen-bond acceptors (Lipinski definition) is 5. The van der Waals surface area contributed by atoms with Crippen molar-refractivity contribution >= 4 is 22.9 Å². The fourth-order valence-electron chi connectivity index (χ4n) is 3.11. The standard InChI is InChI=1S/C19H32N4O3S/c1-4-5-6-7-8-9-10-11-14-27-19-20-16-15(23(19)12-13-26-3)17(24)21-18(25)22(16)2/h4-14H2,1-3H3,(H,21,24,25). The number of nitrogens with zero attached hydrogens (tertiary/aromatic N) is 3. The van der Waals surface area contributed by atoms with E-state index in [-0.39, 0.29) is 0 Å². The molecule has 0 aromatic carbocycles. The van der Waals surface area contributed by atoms with Crippen LogP contribution in [0, 0.1) is 0 Å². The molecule has 2 heterocycles. The average molecular weight is 397 g/mol. The molecule has 1 N–H and O–H groups in total. The molecule has 8 heteroatoms. The van der Waals surface area contributed by atoms with Crippen molar-refractivity contribution in [3.05, 3.63) is 20.8 Å². The first kappa shape index (κ1) is 21.8. The second-order valence-corrected chi connectivity index (χ2v) is 7.91. The van der Waals surface area contributed by atoms with Crippen molar-refractivity contribution in [2.45, 2.75) is 70.0 Å². The van der Waals surface area contributed by atoms with E-state index in [0.717, 1.165) is 17.3 Å². The molecule has 0 aliphatic rings. The van der Waals surface area contributed by atoms with E-state index in [2.05, 4.69) is 16.9 Å². The van der Waals surface area contributed by atoms with E-state index in [1.807, 2.05) is 4.57 Å².